The number of rotatable bonds is 2. The predicted octanol–water partition coefficient (Wildman–Crippen LogP) is 5.43. The van der Waals surface area contributed by atoms with E-state index in [1.807, 2.05) is 23.1 Å². The van der Waals surface area contributed by atoms with Crippen LogP contribution in [0.15, 0.2) is 120 Å². The lowest BCUT2D eigenvalue weighted by Gasteiger charge is -2.43. The third kappa shape index (κ3) is 2.67. The molecule has 36 heavy (non-hydrogen) atoms. The van der Waals surface area contributed by atoms with Gasteiger partial charge in [-0.1, -0.05) is 60.7 Å². The standard InChI is InChI=1S/C30H19BN4O/c1-3-8-26-22(6-1)24-12-10-20(30-32-15-17-36-30)18-28(24)35-29-19-21(34-16-5-14-33-34)11-13-25(29)23-7-2-4-9-27(23)31(26)35/h1-19H. The average Bonchev–Trinajstić information content (AvgIpc) is 3.67. The van der Waals surface area contributed by atoms with E-state index in [1.165, 1.54) is 33.2 Å². The van der Waals surface area contributed by atoms with Gasteiger partial charge in [0, 0.05) is 40.5 Å². The van der Waals surface area contributed by atoms with Crippen LogP contribution in [0.1, 0.15) is 0 Å². The molecular weight excluding hydrogens is 443 g/mol. The van der Waals surface area contributed by atoms with Crippen LogP contribution in [0, 0.1) is 0 Å². The van der Waals surface area contributed by atoms with Crippen molar-refractivity contribution in [1.82, 2.24) is 14.8 Å². The lowest BCUT2D eigenvalue weighted by Crippen LogP contribution is -2.59. The lowest BCUT2D eigenvalue weighted by atomic mass is 9.43. The Kier molecular flexibility index (Phi) is 3.96. The SMILES string of the molecule is c1ccc2c(c1)B1c3ccccc3-c3ccc(-n4cccn4)cc3N1c1cc(-c3ncco3)ccc1-2. The Balaban J connectivity index is 1.46. The Morgan fingerprint density at radius 2 is 1.39 bits per heavy atom. The van der Waals surface area contributed by atoms with Crippen LogP contribution in [0.4, 0.5) is 11.4 Å². The van der Waals surface area contributed by atoms with Crippen LogP contribution in [-0.2, 0) is 0 Å². The van der Waals surface area contributed by atoms with Gasteiger partial charge < -0.3 is 9.23 Å². The second-order valence-corrected chi connectivity index (χ2v) is 9.17. The molecule has 0 spiro atoms. The summed E-state index contributed by atoms with van der Waals surface area (Å²) in [6.45, 7) is 0.0464. The van der Waals surface area contributed by atoms with E-state index in [4.69, 9.17) is 4.42 Å². The Morgan fingerprint density at radius 3 is 2.08 bits per heavy atom. The average molecular weight is 462 g/mol. The molecule has 5 nitrogen and oxygen atoms in total. The summed E-state index contributed by atoms with van der Waals surface area (Å²) in [5.74, 6) is 0.621. The quantitative estimate of drug-likeness (QED) is 0.322. The summed E-state index contributed by atoms with van der Waals surface area (Å²) in [5, 5.41) is 4.49. The molecule has 0 unspecified atom stereocenters. The molecule has 0 saturated heterocycles. The fourth-order valence-electron chi connectivity index (χ4n) is 5.78. The number of nitrogens with zero attached hydrogens (tertiary/aromatic N) is 4. The Hall–Kier alpha value is -4.84. The summed E-state index contributed by atoms with van der Waals surface area (Å²) >= 11 is 0. The topological polar surface area (TPSA) is 47.1 Å². The van der Waals surface area contributed by atoms with Gasteiger partial charge in [0.1, 0.15) is 6.26 Å². The predicted molar refractivity (Wildman–Crippen MR) is 144 cm³/mol. The van der Waals surface area contributed by atoms with E-state index in [0.29, 0.717) is 5.89 Å². The van der Waals surface area contributed by atoms with Crippen LogP contribution in [0.2, 0.25) is 0 Å². The van der Waals surface area contributed by atoms with E-state index in [0.717, 1.165) is 22.6 Å². The van der Waals surface area contributed by atoms with Gasteiger partial charge in [-0.3, -0.25) is 0 Å². The van der Waals surface area contributed by atoms with Crippen LogP contribution in [0.5, 0.6) is 0 Å². The lowest BCUT2D eigenvalue weighted by molar-refractivity contribution is 0.574. The van der Waals surface area contributed by atoms with Crippen LogP contribution in [0.25, 0.3) is 39.4 Å². The molecule has 0 aliphatic carbocycles. The van der Waals surface area contributed by atoms with Gasteiger partial charge in [0.05, 0.1) is 11.9 Å². The van der Waals surface area contributed by atoms with E-state index in [9.17, 15) is 0 Å². The first kappa shape index (κ1) is 19.5. The number of anilines is 2. The summed E-state index contributed by atoms with van der Waals surface area (Å²) in [4.78, 5) is 6.90. The largest absolute Gasteiger partial charge is 0.445 e. The van der Waals surface area contributed by atoms with Gasteiger partial charge in [0.25, 0.3) is 0 Å². The van der Waals surface area contributed by atoms with Gasteiger partial charge in [0.2, 0.25) is 5.89 Å². The molecular formula is C30H19BN4O. The number of benzene rings is 4. The first-order chi connectivity index (χ1) is 17.9. The molecule has 0 fully saturated rings. The second kappa shape index (κ2) is 7.33. The van der Waals surface area contributed by atoms with Gasteiger partial charge in [-0.05, 0) is 52.4 Å². The van der Waals surface area contributed by atoms with Crippen LogP contribution in [-0.4, -0.2) is 21.6 Å². The number of hydrogen-bond acceptors (Lipinski definition) is 4. The minimum Gasteiger partial charge on any atom is -0.445 e. The third-order valence-electron chi connectivity index (χ3n) is 7.30. The van der Waals surface area contributed by atoms with E-state index >= 15 is 0 Å². The monoisotopic (exact) mass is 462 g/mol. The van der Waals surface area contributed by atoms with Gasteiger partial charge in [-0.2, -0.15) is 5.10 Å². The smallest absolute Gasteiger partial charge is 0.329 e. The summed E-state index contributed by atoms with van der Waals surface area (Å²) in [6.07, 6.45) is 7.11. The van der Waals surface area contributed by atoms with Crippen molar-refractivity contribution in [2.75, 3.05) is 4.81 Å². The van der Waals surface area contributed by atoms with Gasteiger partial charge in [0.15, 0.2) is 0 Å². The molecule has 168 valence electrons. The fourth-order valence-corrected chi connectivity index (χ4v) is 5.78. The van der Waals surface area contributed by atoms with Crippen molar-refractivity contribution >= 4 is 29.1 Å². The molecule has 0 radical (unpaired) electrons. The first-order valence-electron chi connectivity index (χ1n) is 12.0. The highest BCUT2D eigenvalue weighted by Gasteiger charge is 2.42. The van der Waals surface area contributed by atoms with Crippen molar-refractivity contribution in [2.24, 2.45) is 0 Å². The van der Waals surface area contributed by atoms with Crippen LogP contribution >= 0.6 is 0 Å². The van der Waals surface area contributed by atoms with E-state index in [1.54, 1.807) is 12.5 Å². The molecule has 6 aromatic rings. The highest BCUT2D eigenvalue weighted by molar-refractivity contribution is 6.92. The zero-order valence-corrected chi connectivity index (χ0v) is 19.2. The van der Waals surface area contributed by atoms with Crippen molar-refractivity contribution in [3.05, 3.63) is 116 Å². The van der Waals surface area contributed by atoms with Crippen molar-refractivity contribution in [2.45, 2.75) is 0 Å². The van der Waals surface area contributed by atoms with Crippen LogP contribution in [0.3, 0.4) is 0 Å². The molecule has 4 heterocycles. The maximum absolute atomic E-state index is 5.67. The molecule has 6 heteroatoms. The van der Waals surface area contributed by atoms with Gasteiger partial charge >= 0.3 is 6.85 Å². The normalized spacial score (nSPS) is 12.9. The molecule has 0 saturated carbocycles. The van der Waals surface area contributed by atoms with Gasteiger partial charge in [-0.15, -0.1) is 0 Å². The Bertz CT molecular complexity index is 1630. The second-order valence-electron chi connectivity index (χ2n) is 9.17. The van der Waals surface area contributed by atoms with E-state index in [-0.39, 0.29) is 6.85 Å². The van der Waals surface area contributed by atoms with Gasteiger partial charge in [-0.25, -0.2) is 9.67 Å². The highest BCUT2D eigenvalue weighted by Crippen LogP contribution is 2.47. The first-order valence-corrected chi connectivity index (χ1v) is 12.0. The summed E-state index contributed by atoms with van der Waals surface area (Å²) in [6, 6.07) is 32.6. The summed E-state index contributed by atoms with van der Waals surface area (Å²) < 4.78 is 7.58. The van der Waals surface area contributed by atoms with E-state index < -0.39 is 0 Å². The summed E-state index contributed by atoms with van der Waals surface area (Å²) in [7, 11) is 0. The van der Waals surface area contributed by atoms with Crippen LogP contribution < -0.4 is 15.7 Å². The van der Waals surface area contributed by atoms with Crippen molar-refractivity contribution < 1.29 is 4.42 Å². The molecule has 0 atom stereocenters. The molecule has 0 N–H and O–H groups in total. The van der Waals surface area contributed by atoms with Crippen molar-refractivity contribution in [1.29, 1.82) is 0 Å². The molecule has 0 bridgehead atoms. The third-order valence-corrected chi connectivity index (χ3v) is 7.30. The highest BCUT2D eigenvalue weighted by atomic mass is 16.3. The molecule has 8 rings (SSSR count). The van der Waals surface area contributed by atoms with E-state index in [2.05, 4.69) is 99.8 Å². The Morgan fingerprint density at radius 1 is 0.667 bits per heavy atom. The minimum atomic E-state index is 0.0464. The van der Waals surface area contributed by atoms with Crippen molar-refractivity contribution in [3.8, 4) is 39.4 Å². The number of aromatic nitrogens is 3. The number of fused-ring (bicyclic) bond motifs is 11. The fraction of sp³-hybridized carbons (Fsp3) is 0. The summed E-state index contributed by atoms with van der Waals surface area (Å²) in [5.41, 5.74) is 11.8. The molecule has 2 aliphatic rings. The maximum Gasteiger partial charge on any atom is 0.329 e. The number of oxazole rings is 1. The van der Waals surface area contributed by atoms with Crippen molar-refractivity contribution in [3.63, 3.8) is 0 Å². The molecule has 2 aromatic heterocycles. The zero-order chi connectivity index (χ0) is 23.6. The molecule has 4 aromatic carbocycles. The number of hydrogen-bond donors (Lipinski definition) is 0. The Labute approximate surface area is 208 Å². The molecule has 2 aliphatic heterocycles. The minimum absolute atomic E-state index is 0.0464. The molecule has 0 amide bonds. The zero-order valence-electron chi connectivity index (χ0n) is 19.2. The maximum atomic E-state index is 5.67.